The Hall–Kier alpha value is -1.26. The molecule has 0 aliphatic heterocycles. The highest BCUT2D eigenvalue weighted by Gasteiger charge is 2.05. The fourth-order valence-corrected chi connectivity index (χ4v) is 0.518. The van der Waals surface area contributed by atoms with Gasteiger partial charge in [-0.3, -0.25) is 4.79 Å². The first kappa shape index (κ1) is 10.7. The molecule has 0 bridgehead atoms. The summed E-state index contributed by atoms with van der Waals surface area (Å²) in [4.78, 5) is 22.9. The van der Waals surface area contributed by atoms with Crippen LogP contribution in [0.4, 0.5) is 4.79 Å². The van der Waals surface area contributed by atoms with E-state index in [1.807, 2.05) is 0 Å². The van der Waals surface area contributed by atoms with E-state index in [9.17, 15) is 9.59 Å². The maximum Gasteiger partial charge on any atom is 0.325 e. The summed E-state index contributed by atoms with van der Waals surface area (Å²) < 4.78 is 4.60. The minimum absolute atomic E-state index is 0.0785. The molecule has 0 unspecified atom stereocenters. The second kappa shape index (κ2) is 5.40. The van der Waals surface area contributed by atoms with Crippen LogP contribution in [0.5, 0.6) is 0 Å². The van der Waals surface area contributed by atoms with E-state index >= 15 is 0 Å². The minimum Gasteiger partial charge on any atom is -0.465 e. The summed E-state index contributed by atoms with van der Waals surface area (Å²) in [7, 11) is 3.20. The van der Waals surface area contributed by atoms with Crippen molar-refractivity contribution in [1.29, 1.82) is 0 Å². The van der Waals surface area contributed by atoms with Crippen LogP contribution in [-0.2, 0) is 9.53 Å². The monoisotopic (exact) mass is 174 g/mol. The number of hydrogen-bond donors (Lipinski definition) is 1. The van der Waals surface area contributed by atoms with Crippen LogP contribution in [-0.4, -0.2) is 44.1 Å². The number of carbonyl (C=O) groups excluding carboxylic acids is 2. The fraction of sp³-hybridized carbons (Fsp3) is 0.714. The highest BCUT2D eigenvalue weighted by molar-refractivity contribution is 5.80. The number of carbonyl (C=O) groups is 2. The second-order valence-electron chi connectivity index (χ2n) is 2.36. The van der Waals surface area contributed by atoms with Gasteiger partial charge in [-0.05, 0) is 6.92 Å². The average molecular weight is 174 g/mol. The molecule has 0 fully saturated rings. The highest BCUT2D eigenvalue weighted by atomic mass is 16.5. The maximum atomic E-state index is 10.9. The molecular weight excluding hydrogens is 160 g/mol. The zero-order valence-electron chi connectivity index (χ0n) is 7.59. The second-order valence-corrected chi connectivity index (χ2v) is 2.36. The van der Waals surface area contributed by atoms with Crippen molar-refractivity contribution < 1.29 is 14.3 Å². The molecule has 0 saturated heterocycles. The van der Waals surface area contributed by atoms with Crippen LogP contribution >= 0.6 is 0 Å². The van der Waals surface area contributed by atoms with Gasteiger partial charge >= 0.3 is 12.0 Å². The van der Waals surface area contributed by atoms with E-state index in [-0.39, 0.29) is 12.6 Å². The van der Waals surface area contributed by atoms with Gasteiger partial charge in [0.15, 0.2) is 0 Å². The standard InChI is InChI=1S/C7H14N2O3/c1-4-12-6(10)5-8-7(11)9(2)3/h4-5H2,1-3H3,(H,8,11). The van der Waals surface area contributed by atoms with Crippen LogP contribution in [0.3, 0.4) is 0 Å². The van der Waals surface area contributed by atoms with Crippen LogP contribution in [0, 0.1) is 0 Å². The normalized spacial score (nSPS) is 8.92. The van der Waals surface area contributed by atoms with Gasteiger partial charge in [-0.15, -0.1) is 0 Å². The van der Waals surface area contributed by atoms with Crippen LogP contribution in [0.2, 0.25) is 0 Å². The van der Waals surface area contributed by atoms with Crippen molar-refractivity contribution >= 4 is 12.0 Å². The Morgan fingerprint density at radius 3 is 2.42 bits per heavy atom. The van der Waals surface area contributed by atoms with Gasteiger partial charge in [0.1, 0.15) is 6.54 Å². The lowest BCUT2D eigenvalue weighted by Crippen LogP contribution is -2.38. The van der Waals surface area contributed by atoms with Crippen LogP contribution < -0.4 is 5.32 Å². The third kappa shape index (κ3) is 4.54. The van der Waals surface area contributed by atoms with E-state index in [4.69, 9.17) is 0 Å². The van der Waals surface area contributed by atoms with Crippen molar-refractivity contribution in [2.45, 2.75) is 6.92 Å². The molecule has 1 N–H and O–H groups in total. The van der Waals surface area contributed by atoms with Gasteiger partial charge in [0.05, 0.1) is 6.61 Å². The number of urea groups is 1. The van der Waals surface area contributed by atoms with Gasteiger partial charge in [0.25, 0.3) is 0 Å². The fourth-order valence-electron chi connectivity index (χ4n) is 0.518. The Kier molecular flexibility index (Phi) is 4.83. The molecule has 12 heavy (non-hydrogen) atoms. The number of ether oxygens (including phenoxy) is 1. The molecule has 0 atom stereocenters. The third-order valence-corrected chi connectivity index (χ3v) is 1.10. The molecular formula is C7H14N2O3. The lowest BCUT2D eigenvalue weighted by atomic mass is 10.6. The van der Waals surface area contributed by atoms with E-state index in [2.05, 4.69) is 10.1 Å². The smallest absolute Gasteiger partial charge is 0.325 e. The van der Waals surface area contributed by atoms with E-state index in [1.165, 1.54) is 4.90 Å². The Labute approximate surface area is 71.7 Å². The molecule has 0 aromatic heterocycles. The summed E-state index contributed by atoms with van der Waals surface area (Å²) in [5, 5.41) is 2.38. The minimum atomic E-state index is -0.423. The molecule has 5 nitrogen and oxygen atoms in total. The van der Waals surface area contributed by atoms with Crippen molar-refractivity contribution in [3.63, 3.8) is 0 Å². The largest absolute Gasteiger partial charge is 0.465 e. The van der Waals surface area contributed by atoms with Gasteiger partial charge in [-0.1, -0.05) is 0 Å². The number of rotatable bonds is 3. The average Bonchev–Trinajstić information content (AvgIpc) is 2.00. The summed E-state index contributed by atoms with van der Waals surface area (Å²) in [6, 6.07) is -0.303. The van der Waals surface area contributed by atoms with E-state index in [0.29, 0.717) is 6.61 Å². The molecule has 0 aliphatic rings. The quantitative estimate of drug-likeness (QED) is 0.604. The third-order valence-electron chi connectivity index (χ3n) is 1.10. The van der Waals surface area contributed by atoms with Gasteiger partial charge in [-0.2, -0.15) is 0 Å². The molecule has 0 radical (unpaired) electrons. The Balaban J connectivity index is 3.54. The SMILES string of the molecule is CCOC(=O)CNC(=O)N(C)C. The topological polar surface area (TPSA) is 58.6 Å². The van der Waals surface area contributed by atoms with E-state index < -0.39 is 5.97 Å². The van der Waals surface area contributed by atoms with Gasteiger partial charge < -0.3 is 15.0 Å². The molecule has 2 amide bonds. The summed E-state index contributed by atoms with van der Waals surface area (Å²) >= 11 is 0. The predicted octanol–water partition coefficient (Wildman–Crippen LogP) is -0.179. The maximum absolute atomic E-state index is 10.9. The lowest BCUT2D eigenvalue weighted by Gasteiger charge is -2.10. The predicted molar refractivity (Wildman–Crippen MR) is 43.7 cm³/mol. The van der Waals surface area contributed by atoms with Crippen LogP contribution in [0.15, 0.2) is 0 Å². The molecule has 0 aromatic rings. The molecule has 0 spiro atoms. The highest BCUT2D eigenvalue weighted by Crippen LogP contribution is 1.78. The molecule has 0 aliphatic carbocycles. The first-order chi connectivity index (χ1) is 5.57. The number of nitrogens with one attached hydrogen (secondary N) is 1. The van der Waals surface area contributed by atoms with Gasteiger partial charge in [0.2, 0.25) is 0 Å². The molecule has 70 valence electrons. The van der Waals surface area contributed by atoms with Crippen molar-refractivity contribution in [2.75, 3.05) is 27.2 Å². The Morgan fingerprint density at radius 2 is 2.00 bits per heavy atom. The summed E-state index contributed by atoms with van der Waals surface area (Å²) in [6.45, 7) is 1.97. The number of nitrogens with zero attached hydrogens (tertiary/aromatic N) is 1. The van der Waals surface area contributed by atoms with E-state index in [1.54, 1.807) is 21.0 Å². The Bertz CT molecular complexity index is 168. The van der Waals surface area contributed by atoms with Crippen molar-refractivity contribution in [3.8, 4) is 0 Å². The Morgan fingerprint density at radius 1 is 1.42 bits per heavy atom. The zero-order chi connectivity index (χ0) is 9.56. The number of esters is 1. The van der Waals surface area contributed by atoms with Gasteiger partial charge in [-0.25, -0.2) is 4.79 Å². The molecule has 0 saturated carbocycles. The van der Waals surface area contributed by atoms with E-state index in [0.717, 1.165) is 0 Å². The van der Waals surface area contributed by atoms with Crippen molar-refractivity contribution in [1.82, 2.24) is 10.2 Å². The van der Waals surface area contributed by atoms with Crippen molar-refractivity contribution in [3.05, 3.63) is 0 Å². The first-order valence-corrected chi connectivity index (χ1v) is 3.68. The van der Waals surface area contributed by atoms with Crippen LogP contribution in [0.1, 0.15) is 6.92 Å². The number of hydrogen-bond acceptors (Lipinski definition) is 3. The molecule has 0 rings (SSSR count). The lowest BCUT2D eigenvalue weighted by molar-refractivity contribution is -0.141. The number of amides is 2. The van der Waals surface area contributed by atoms with Crippen LogP contribution in [0.25, 0.3) is 0 Å². The summed E-state index contributed by atoms with van der Waals surface area (Å²) in [6.07, 6.45) is 0. The zero-order valence-corrected chi connectivity index (χ0v) is 7.59. The molecule has 0 heterocycles. The summed E-state index contributed by atoms with van der Waals surface area (Å²) in [5.41, 5.74) is 0. The van der Waals surface area contributed by atoms with Crippen molar-refractivity contribution in [2.24, 2.45) is 0 Å². The van der Waals surface area contributed by atoms with Gasteiger partial charge in [0, 0.05) is 14.1 Å². The molecule has 0 aromatic carbocycles. The molecule has 5 heteroatoms. The first-order valence-electron chi connectivity index (χ1n) is 3.68. The summed E-state index contributed by atoms with van der Waals surface area (Å²) in [5.74, 6) is -0.423.